The van der Waals surface area contributed by atoms with E-state index >= 15 is 0 Å². The maximum atomic E-state index is 12.7. The molecule has 0 saturated carbocycles. The summed E-state index contributed by atoms with van der Waals surface area (Å²) in [5, 5.41) is 37.7. The van der Waals surface area contributed by atoms with Crippen LogP contribution in [0.1, 0.15) is 38.8 Å². The van der Waals surface area contributed by atoms with Gasteiger partial charge in [-0.2, -0.15) is 5.26 Å². The lowest BCUT2D eigenvalue weighted by molar-refractivity contribution is 0.0524. The molecule has 27 heavy (non-hydrogen) atoms. The molecule has 1 amide bonds. The Bertz CT molecular complexity index is 755. The highest BCUT2D eigenvalue weighted by molar-refractivity contribution is 6.58. The number of nitriles is 1. The van der Waals surface area contributed by atoms with E-state index in [1.165, 1.54) is 11.0 Å². The van der Waals surface area contributed by atoms with Gasteiger partial charge in [0.2, 0.25) is 0 Å². The molecular formula is C18H25BN2O6. The van der Waals surface area contributed by atoms with E-state index in [0.717, 1.165) is 0 Å². The highest BCUT2D eigenvalue weighted by Gasteiger charge is 2.45. The molecule has 1 aromatic carbocycles. The van der Waals surface area contributed by atoms with E-state index in [1.807, 2.05) is 13.0 Å². The van der Waals surface area contributed by atoms with Gasteiger partial charge in [0.15, 0.2) is 0 Å². The highest BCUT2D eigenvalue weighted by atomic mass is 16.6. The predicted molar refractivity (Wildman–Crippen MR) is 99.8 cm³/mol. The third kappa shape index (κ3) is 4.60. The van der Waals surface area contributed by atoms with Crippen molar-refractivity contribution in [2.75, 3.05) is 31.3 Å². The van der Waals surface area contributed by atoms with Crippen molar-refractivity contribution in [3.8, 4) is 6.07 Å². The van der Waals surface area contributed by atoms with Gasteiger partial charge in [0.05, 0.1) is 31.1 Å². The van der Waals surface area contributed by atoms with Crippen LogP contribution in [0.4, 0.5) is 10.5 Å². The number of benzene rings is 1. The van der Waals surface area contributed by atoms with Crippen LogP contribution in [0.2, 0.25) is 0 Å². The first-order chi connectivity index (χ1) is 12.5. The number of ether oxygens (including phenoxy) is 2. The summed E-state index contributed by atoms with van der Waals surface area (Å²) in [7, 11) is -1.75. The van der Waals surface area contributed by atoms with E-state index in [1.54, 1.807) is 26.8 Å². The van der Waals surface area contributed by atoms with Gasteiger partial charge in [-0.05, 0) is 37.9 Å². The Hall–Kier alpha value is -2.12. The molecule has 1 unspecified atom stereocenters. The van der Waals surface area contributed by atoms with Crippen molar-refractivity contribution in [1.82, 2.24) is 0 Å². The van der Waals surface area contributed by atoms with Gasteiger partial charge in [-0.15, -0.1) is 0 Å². The van der Waals surface area contributed by atoms with Crippen molar-refractivity contribution in [2.24, 2.45) is 0 Å². The molecule has 1 atom stereocenters. The smallest absolute Gasteiger partial charge is 0.443 e. The van der Waals surface area contributed by atoms with Gasteiger partial charge in [-0.1, -0.05) is 13.0 Å². The predicted octanol–water partition coefficient (Wildman–Crippen LogP) is 0.260. The monoisotopic (exact) mass is 376 g/mol. The fourth-order valence-corrected chi connectivity index (χ4v) is 3.11. The van der Waals surface area contributed by atoms with Crippen LogP contribution in [0.3, 0.4) is 0 Å². The summed E-state index contributed by atoms with van der Waals surface area (Å²) in [5.74, 6) is 0. The van der Waals surface area contributed by atoms with Gasteiger partial charge in [0, 0.05) is 12.0 Å². The molecular weight excluding hydrogens is 351 g/mol. The first kappa shape index (κ1) is 21.2. The Kier molecular flexibility index (Phi) is 6.17. The average molecular weight is 376 g/mol. The third-order valence-electron chi connectivity index (χ3n) is 4.25. The molecule has 0 radical (unpaired) electrons. The van der Waals surface area contributed by atoms with Gasteiger partial charge < -0.3 is 24.6 Å². The Morgan fingerprint density at radius 2 is 2.07 bits per heavy atom. The van der Waals surface area contributed by atoms with Crippen LogP contribution in [0.25, 0.3) is 0 Å². The van der Waals surface area contributed by atoms with Crippen LogP contribution in [0, 0.1) is 11.3 Å². The van der Waals surface area contributed by atoms with E-state index in [0.29, 0.717) is 11.3 Å². The molecule has 0 fully saturated rings. The van der Waals surface area contributed by atoms with Gasteiger partial charge >= 0.3 is 13.2 Å². The van der Waals surface area contributed by atoms with E-state index in [2.05, 4.69) is 0 Å². The summed E-state index contributed by atoms with van der Waals surface area (Å²) >= 11 is 0. The van der Waals surface area contributed by atoms with Gasteiger partial charge in [0.1, 0.15) is 11.7 Å². The average Bonchev–Trinajstić information content (AvgIpc) is 2.86. The third-order valence-corrected chi connectivity index (χ3v) is 4.25. The molecule has 146 valence electrons. The summed E-state index contributed by atoms with van der Waals surface area (Å²) in [6, 6.07) is 4.93. The van der Waals surface area contributed by atoms with Crippen LogP contribution in [0.15, 0.2) is 12.1 Å². The fraction of sp³-hybridized carbons (Fsp3) is 0.556. The van der Waals surface area contributed by atoms with Crippen LogP contribution < -0.4 is 10.4 Å². The SMILES string of the molecule is CC(C)(C)OC(=O)N1CC(C)(COCCO)c2cc(B(O)O)cc(C#N)c21. The second-order valence-corrected chi connectivity index (χ2v) is 7.85. The Balaban J connectivity index is 2.55. The maximum Gasteiger partial charge on any atom is 0.488 e. The lowest BCUT2D eigenvalue weighted by atomic mass is 9.75. The molecule has 0 aliphatic carbocycles. The number of rotatable bonds is 5. The number of carbonyl (C=O) groups excluding carboxylic acids is 1. The van der Waals surface area contributed by atoms with E-state index in [-0.39, 0.29) is 37.4 Å². The van der Waals surface area contributed by atoms with Crippen LogP contribution >= 0.6 is 0 Å². The van der Waals surface area contributed by atoms with Crippen molar-refractivity contribution < 1.29 is 29.4 Å². The second kappa shape index (κ2) is 7.86. The maximum absolute atomic E-state index is 12.7. The Morgan fingerprint density at radius 3 is 2.59 bits per heavy atom. The quantitative estimate of drug-likeness (QED) is 0.498. The zero-order valence-corrected chi connectivity index (χ0v) is 16.0. The zero-order chi connectivity index (χ0) is 20.4. The number of aliphatic hydroxyl groups excluding tert-OH is 1. The molecule has 0 saturated heterocycles. The first-order valence-corrected chi connectivity index (χ1v) is 8.66. The number of hydrogen-bond acceptors (Lipinski definition) is 7. The lowest BCUT2D eigenvalue weighted by Gasteiger charge is -2.27. The summed E-state index contributed by atoms with van der Waals surface area (Å²) in [6.07, 6.45) is -0.594. The number of amides is 1. The van der Waals surface area contributed by atoms with E-state index in [9.17, 15) is 20.1 Å². The summed E-state index contributed by atoms with van der Waals surface area (Å²) in [6.45, 7) is 7.47. The molecule has 3 N–H and O–H groups in total. The second-order valence-electron chi connectivity index (χ2n) is 7.85. The first-order valence-electron chi connectivity index (χ1n) is 8.66. The minimum absolute atomic E-state index is 0.130. The molecule has 1 aromatic rings. The number of hydrogen-bond donors (Lipinski definition) is 3. The fourth-order valence-electron chi connectivity index (χ4n) is 3.11. The normalized spacial score (nSPS) is 18.8. The molecule has 1 aliphatic rings. The number of nitrogens with zero attached hydrogens (tertiary/aromatic N) is 2. The molecule has 2 rings (SSSR count). The minimum Gasteiger partial charge on any atom is -0.443 e. The van der Waals surface area contributed by atoms with Gasteiger partial charge in [0.25, 0.3) is 0 Å². The van der Waals surface area contributed by atoms with Crippen LogP contribution in [-0.2, 0) is 14.9 Å². The van der Waals surface area contributed by atoms with Crippen molar-refractivity contribution in [3.63, 3.8) is 0 Å². The molecule has 9 heteroatoms. The topological polar surface area (TPSA) is 123 Å². The van der Waals surface area contributed by atoms with Crippen molar-refractivity contribution >= 4 is 24.4 Å². The molecule has 0 aromatic heterocycles. The Labute approximate surface area is 159 Å². The Morgan fingerprint density at radius 1 is 1.41 bits per heavy atom. The number of anilines is 1. The van der Waals surface area contributed by atoms with E-state index in [4.69, 9.17) is 14.6 Å². The summed E-state index contributed by atoms with van der Waals surface area (Å²) in [5.41, 5.74) is -0.146. The summed E-state index contributed by atoms with van der Waals surface area (Å²) < 4.78 is 11.0. The highest BCUT2D eigenvalue weighted by Crippen LogP contribution is 2.43. The number of carbonyl (C=O) groups is 1. The molecule has 1 heterocycles. The summed E-state index contributed by atoms with van der Waals surface area (Å²) in [4.78, 5) is 14.1. The van der Waals surface area contributed by atoms with Crippen molar-refractivity contribution in [1.29, 1.82) is 5.26 Å². The van der Waals surface area contributed by atoms with Crippen molar-refractivity contribution in [3.05, 3.63) is 23.3 Å². The number of fused-ring (bicyclic) bond motifs is 1. The van der Waals surface area contributed by atoms with Crippen LogP contribution in [-0.4, -0.2) is 60.3 Å². The molecule has 1 aliphatic heterocycles. The lowest BCUT2D eigenvalue weighted by Crippen LogP contribution is -2.41. The molecule has 0 bridgehead atoms. The van der Waals surface area contributed by atoms with Gasteiger partial charge in [-0.25, -0.2) is 4.79 Å². The number of aliphatic hydroxyl groups is 1. The largest absolute Gasteiger partial charge is 0.488 e. The van der Waals surface area contributed by atoms with Gasteiger partial charge in [-0.3, -0.25) is 4.90 Å². The zero-order valence-electron chi connectivity index (χ0n) is 16.0. The van der Waals surface area contributed by atoms with Crippen LogP contribution in [0.5, 0.6) is 0 Å². The molecule has 8 nitrogen and oxygen atoms in total. The standard InChI is InChI=1S/C18H25BN2O6/c1-17(2,3)27-16(23)21-10-18(4,11-26-6-5-22)14-8-13(19(24)25)7-12(9-20)15(14)21/h7-8,22,24-25H,5-6,10-11H2,1-4H3. The minimum atomic E-state index is -1.75. The van der Waals surface area contributed by atoms with E-state index < -0.39 is 24.2 Å². The van der Waals surface area contributed by atoms with Crippen molar-refractivity contribution in [2.45, 2.75) is 38.7 Å². The molecule has 0 spiro atoms.